The number of imidazole rings is 1. The molecule has 3 atom stereocenters. The summed E-state index contributed by atoms with van der Waals surface area (Å²) in [6.07, 6.45) is 5.83. The third-order valence-electron chi connectivity index (χ3n) is 13.7. The van der Waals surface area contributed by atoms with Gasteiger partial charge in [-0.15, -0.1) is 0 Å². The molecule has 482 valence electrons. The number of rotatable bonds is 28. The number of carboxylic acid groups (broad SMARTS) is 1. The SMILES string of the molecule is CCC(NC(=O)CN1CCN(CC)CCN(C)CCN(CC(O)O)CC1)C(=O)NC(CC)C(=O)NCCNC(=O)CCCOc1cc(C)cc(C)c1.Cn1cc(C(=O)NC[C@H](NS(C)(=O)=O)C(=O)O)c(=O)c2ccc(CNc3ncc[nH]3)cc21.O=C=O. The van der Waals surface area contributed by atoms with Gasteiger partial charge < -0.3 is 71.3 Å². The molecule has 0 radical (unpaired) electrons. The van der Waals surface area contributed by atoms with Crippen molar-refractivity contribution in [1.82, 2.24) is 65.4 Å². The lowest BCUT2D eigenvalue weighted by atomic mass is 10.1. The van der Waals surface area contributed by atoms with Crippen molar-refractivity contribution in [2.24, 2.45) is 7.05 Å². The average molecular weight is 1240 g/mol. The summed E-state index contributed by atoms with van der Waals surface area (Å²) in [5.74, 6) is -2.10. The van der Waals surface area contributed by atoms with E-state index in [1.807, 2.05) is 46.6 Å². The number of sulfonamides is 1. The number of fused-ring (bicyclic) bond motifs is 1. The minimum absolute atomic E-state index is 0.0829. The van der Waals surface area contributed by atoms with Crippen LogP contribution in [0, 0.1) is 13.8 Å². The number of likely N-dealkylation sites (N-methyl/N-ethyl adjacent to an activating group) is 2. The summed E-state index contributed by atoms with van der Waals surface area (Å²) in [6, 6.07) is 7.99. The number of carboxylic acids is 1. The number of carbonyl (C=O) groups excluding carboxylic acids is 7. The standard InChI is InChI=1S/C37H66N8O7.C19H22N6O6S.CO2/c1-7-31(36(50)39-13-12-38-33(46)11-10-22-52-30-24-28(4)23-29(5)25-30)41-37(51)32(8-2)40-34(47)26-44-19-18-43(9-3)16-14-42(6)15-17-45(21-20-44)27-35(48)49;1-25-10-13(17(27)22-9-14(18(28)29)24-32(2,30)31)16(26)12-4-3-11(7-15(12)25)8-23-19-20-5-6-21-19;2-1-3/h23-25,31-32,35,48-49H,7-22,26-27H2,1-6H3,(H,38,46)(H,39,50)(H,40,47)(H,41,51);3-7,10,14,24H,8-9H2,1-2H3,(H,22,27)(H,28,29)(H2,20,21,23);/t;14-;/m.0./s1. The number of aromatic nitrogens is 3. The molecule has 29 nitrogen and oxygen atoms in total. The molecule has 11 N–H and O–H groups in total. The minimum atomic E-state index is -3.81. The number of anilines is 1. The fourth-order valence-corrected chi connectivity index (χ4v) is 9.76. The van der Waals surface area contributed by atoms with Crippen molar-refractivity contribution < 1.29 is 66.8 Å². The van der Waals surface area contributed by atoms with Crippen LogP contribution in [0.4, 0.5) is 5.95 Å². The molecule has 87 heavy (non-hydrogen) atoms. The molecule has 2 aromatic carbocycles. The number of nitrogens with zero attached hydrogens (tertiary/aromatic N) is 6. The van der Waals surface area contributed by atoms with Crippen molar-refractivity contribution in [2.45, 2.75) is 91.3 Å². The van der Waals surface area contributed by atoms with E-state index >= 15 is 0 Å². The lowest BCUT2D eigenvalue weighted by Gasteiger charge is -2.33. The Bertz CT molecular complexity index is 3030. The number of β-amino-alcohol motifs (C(OH)–C–C–N with tert-alkyl or cyclic N) is 2. The van der Waals surface area contributed by atoms with Gasteiger partial charge in [0, 0.05) is 123 Å². The zero-order chi connectivity index (χ0) is 64.6. The van der Waals surface area contributed by atoms with Gasteiger partial charge in [0.2, 0.25) is 39.1 Å². The second kappa shape index (κ2) is 38.5. The van der Waals surface area contributed by atoms with Crippen LogP contribution in [0.3, 0.4) is 0 Å². The predicted octanol–water partition coefficient (Wildman–Crippen LogP) is -1.31. The van der Waals surface area contributed by atoms with E-state index < -0.39 is 64.2 Å². The summed E-state index contributed by atoms with van der Waals surface area (Å²) in [7, 11) is -0.0680. The molecule has 2 aromatic heterocycles. The van der Waals surface area contributed by atoms with E-state index in [1.54, 1.807) is 50.0 Å². The van der Waals surface area contributed by atoms with Crippen molar-refractivity contribution in [2.75, 3.05) is 117 Å². The van der Waals surface area contributed by atoms with Gasteiger partial charge in [-0.05, 0) is 87.7 Å². The van der Waals surface area contributed by atoms with Gasteiger partial charge in [-0.25, -0.2) is 13.4 Å². The van der Waals surface area contributed by atoms with Gasteiger partial charge in [0.15, 0.2) is 12.2 Å². The van der Waals surface area contributed by atoms with Gasteiger partial charge in [0.05, 0.1) is 24.9 Å². The summed E-state index contributed by atoms with van der Waals surface area (Å²) in [4.78, 5) is 120. The monoisotopic (exact) mass is 1240 g/mol. The number of aromatic amines is 1. The third kappa shape index (κ3) is 28.1. The lowest BCUT2D eigenvalue weighted by molar-refractivity contribution is -0.191. The molecule has 1 saturated heterocycles. The van der Waals surface area contributed by atoms with Crippen molar-refractivity contribution in [1.29, 1.82) is 0 Å². The van der Waals surface area contributed by atoms with E-state index in [0.29, 0.717) is 81.9 Å². The van der Waals surface area contributed by atoms with Crippen LogP contribution in [0.5, 0.6) is 5.75 Å². The minimum Gasteiger partial charge on any atom is -0.494 e. The molecule has 1 fully saturated rings. The predicted molar refractivity (Wildman–Crippen MR) is 324 cm³/mol. The van der Waals surface area contributed by atoms with E-state index in [-0.39, 0.29) is 55.6 Å². The molecule has 2 unspecified atom stereocenters. The molecular weight excluding hydrogens is 1150 g/mol. The molecule has 3 heterocycles. The molecule has 5 amide bonds. The molecule has 0 spiro atoms. The van der Waals surface area contributed by atoms with Crippen molar-refractivity contribution in [3.63, 3.8) is 0 Å². The summed E-state index contributed by atoms with van der Waals surface area (Å²) < 4.78 is 31.9. The Balaban J connectivity index is 0.000000480. The van der Waals surface area contributed by atoms with Crippen molar-refractivity contribution in [3.05, 3.63) is 87.5 Å². The number of nitrogens with one attached hydrogen (secondary N) is 8. The molecule has 0 aliphatic carbocycles. The smallest absolute Gasteiger partial charge is 0.373 e. The summed E-state index contributed by atoms with van der Waals surface area (Å²) in [5.41, 5.74) is 3.02. The Morgan fingerprint density at radius 1 is 0.782 bits per heavy atom. The number of H-pyrrole nitrogens is 1. The number of aliphatic carboxylic acids is 1. The van der Waals surface area contributed by atoms with Gasteiger partial charge in [0.25, 0.3) is 5.91 Å². The van der Waals surface area contributed by atoms with E-state index in [2.05, 4.69) is 71.7 Å². The number of aliphatic hydroxyl groups is 2. The van der Waals surface area contributed by atoms with Gasteiger partial charge >= 0.3 is 12.1 Å². The van der Waals surface area contributed by atoms with Crippen LogP contribution in [0.15, 0.2) is 59.8 Å². The number of benzene rings is 2. The third-order valence-corrected chi connectivity index (χ3v) is 14.4. The van der Waals surface area contributed by atoms with E-state index in [1.165, 1.54) is 6.20 Å². The van der Waals surface area contributed by atoms with E-state index in [0.717, 1.165) is 61.4 Å². The highest BCUT2D eigenvalue weighted by atomic mass is 32.2. The average Bonchev–Trinajstić information content (AvgIpc) is 1.88. The Hall–Kier alpha value is -7.67. The second-order valence-corrected chi connectivity index (χ2v) is 22.7. The summed E-state index contributed by atoms with van der Waals surface area (Å²) in [6.45, 7) is 17.4. The highest BCUT2D eigenvalue weighted by Gasteiger charge is 2.27. The Morgan fingerprint density at radius 3 is 1.99 bits per heavy atom. The molecule has 30 heteroatoms. The van der Waals surface area contributed by atoms with Crippen LogP contribution < -0.4 is 46.8 Å². The first-order valence-electron chi connectivity index (χ1n) is 28.7. The number of aliphatic hydroxyl groups excluding tert-OH is 1. The highest BCUT2D eigenvalue weighted by Crippen LogP contribution is 2.17. The topological polar surface area (TPSA) is 388 Å². The largest absolute Gasteiger partial charge is 0.494 e. The molecular formula is C57H88N14O15S. The number of hydrogen-bond donors (Lipinski definition) is 11. The van der Waals surface area contributed by atoms with Crippen molar-refractivity contribution in [3.8, 4) is 5.75 Å². The molecule has 5 rings (SSSR count). The number of hydrogen-bond acceptors (Lipinski definition) is 20. The first-order chi connectivity index (χ1) is 41.3. The molecule has 0 saturated carbocycles. The number of aryl methyl sites for hydroxylation is 3. The Morgan fingerprint density at radius 2 is 1.39 bits per heavy atom. The number of ether oxygens (including phenoxy) is 1. The van der Waals surface area contributed by atoms with E-state index in [4.69, 9.17) is 19.4 Å². The first-order valence-corrected chi connectivity index (χ1v) is 30.6. The van der Waals surface area contributed by atoms with Crippen LogP contribution >= 0.6 is 0 Å². The molecule has 1 aliphatic rings. The second-order valence-electron chi connectivity index (χ2n) is 20.9. The summed E-state index contributed by atoms with van der Waals surface area (Å²) in [5, 5.41) is 45.3. The molecule has 4 aromatic rings. The normalized spacial score (nSPS) is 14.8. The van der Waals surface area contributed by atoms with Crippen LogP contribution in [-0.4, -0.2) is 235 Å². The quantitative estimate of drug-likeness (QED) is 0.0232. The van der Waals surface area contributed by atoms with Gasteiger partial charge in [-0.1, -0.05) is 32.9 Å². The zero-order valence-corrected chi connectivity index (χ0v) is 51.8. The maximum absolute atomic E-state index is 13.2. The number of amides is 5. The fraction of sp³-hybridized carbons (Fsp3) is 0.561. The highest BCUT2D eigenvalue weighted by molar-refractivity contribution is 7.88. The molecule has 1 aliphatic heterocycles. The fourth-order valence-electron chi connectivity index (χ4n) is 9.06. The van der Waals surface area contributed by atoms with Crippen LogP contribution in [-0.2, 0) is 57.2 Å². The van der Waals surface area contributed by atoms with Crippen molar-refractivity contribution >= 4 is 68.5 Å². The Labute approximate surface area is 507 Å². The zero-order valence-electron chi connectivity index (χ0n) is 51.0. The maximum Gasteiger partial charge on any atom is 0.373 e. The van der Waals surface area contributed by atoms with Crippen LogP contribution in [0.2, 0.25) is 0 Å². The first kappa shape index (κ1) is 73.6. The van der Waals surface area contributed by atoms with Gasteiger partial charge in [-0.2, -0.15) is 14.3 Å². The Kier molecular flexibility index (Phi) is 32.5. The van der Waals surface area contributed by atoms with Crippen LogP contribution in [0.25, 0.3) is 10.9 Å². The van der Waals surface area contributed by atoms with Crippen LogP contribution in [0.1, 0.15) is 73.5 Å². The van der Waals surface area contributed by atoms with E-state index in [9.17, 15) is 52.2 Å². The lowest BCUT2D eigenvalue weighted by Crippen LogP contribution is -2.55. The van der Waals surface area contributed by atoms with Gasteiger partial charge in [0.1, 0.15) is 29.4 Å². The van der Waals surface area contributed by atoms with Gasteiger partial charge in [-0.3, -0.25) is 43.4 Å². The maximum atomic E-state index is 13.2. The number of carbonyl (C=O) groups is 6. The summed E-state index contributed by atoms with van der Waals surface area (Å²) >= 11 is 0. The molecule has 0 bridgehead atoms. The number of pyridine rings is 1.